The van der Waals surface area contributed by atoms with Crippen LogP contribution in [0.4, 0.5) is 0 Å². The Morgan fingerprint density at radius 3 is 2.71 bits per heavy atom. The number of hydrogen-bond donors (Lipinski definition) is 1. The van der Waals surface area contributed by atoms with Gasteiger partial charge in [0.2, 0.25) is 0 Å². The molecule has 0 radical (unpaired) electrons. The highest BCUT2D eigenvalue weighted by atomic mass is 16.4. The van der Waals surface area contributed by atoms with Gasteiger partial charge in [0, 0.05) is 24.8 Å². The minimum Gasteiger partial charge on any atom is -0.477 e. The van der Waals surface area contributed by atoms with Crippen LogP contribution in [0.3, 0.4) is 0 Å². The fourth-order valence-electron chi connectivity index (χ4n) is 2.27. The smallest absolute Gasteiger partial charge is 0.352 e. The van der Waals surface area contributed by atoms with Crippen LogP contribution in [0.2, 0.25) is 0 Å². The summed E-state index contributed by atoms with van der Waals surface area (Å²) in [6.45, 7) is 0. The zero-order chi connectivity index (χ0) is 14.8. The number of pyridine rings is 1. The van der Waals surface area contributed by atoms with E-state index in [1.807, 2.05) is 36.4 Å². The largest absolute Gasteiger partial charge is 0.477 e. The molecule has 2 heterocycles. The van der Waals surface area contributed by atoms with Crippen molar-refractivity contribution in [2.75, 3.05) is 0 Å². The van der Waals surface area contributed by atoms with Crippen LogP contribution >= 0.6 is 0 Å². The number of aryl methyl sites for hydroxylation is 1. The number of fused-ring (bicyclic) bond motifs is 1. The zero-order valence-corrected chi connectivity index (χ0v) is 11.5. The van der Waals surface area contributed by atoms with Gasteiger partial charge in [0.25, 0.3) is 0 Å². The second kappa shape index (κ2) is 5.25. The predicted molar refractivity (Wildman–Crippen MR) is 83.0 cm³/mol. The Kier molecular flexibility index (Phi) is 3.28. The number of aromatic carboxylic acids is 1. The normalized spacial score (nSPS) is 11.3. The lowest BCUT2D eigenvalue weighted by molar-refractivity contribution is 0.0686. The Labute approximate surface area is 122 Å². The van der Waals surface area contributed by atoms with Crippen LogP contribution in [0.25, 0.3) is 23.1 Å². The molecule has 4 heteroatoms. The van der Waals surface area contributed by atoms with E-state index < -0.39 is 5.97 Å². The molecule has 0 aliphatic carbocycles. The van der Waals surface area contributed by atoms with Crippen LogP contribution in [0.1, 0.15) is 21.6 Å². The molecule has 4 nitrogen and oxygen atoms in total. The molecule has 0 atom stereocenters. The van der Waals surface area contributed by atoms with E-state index >= 15 is 0 Å². The third kappa shape index (κ3) is 2.69. The Balaban J connectivity index is 1.90. The summed E-state index contributed by atoms with van der Waals surface area (Å²) in [4.78, 5) is 15.4. The second-order valence-corrected chi connectivity index (χ2v) is 4.87. The molecule has 0 saturated carbocycles. The third-order valence-corrected chi connectivity index (χ3v) is 3.33. The summed E-state index contributed by atoms with van der Waals surface area (Å²) in [6, 6.07) is 11.6. The zero-order valence-electron chi connectivity index (χ0n) is 11.5. The van der Waals surface area contributed by atoms with Crippen molar-refractivity contribution < 1.29 is 9.90 Å². The van der Waals surface area contributed by atoms with Crippen LogP contribution < -0.4 is 0 Å². The molecule has 1 N–H and O–H groups in total. The molecule has 0 fully saturated rings. The van der Waals surface area contributed by atoms with Gasteiger partial charge in [-0.05, 0) is 29.3 Å². The van der Waals surface area contributed by atoms with E-state index in [4.69, 9.17) is 5.11 Å². The Morgan fingerprint density at radius 1 is 1.19 bits per heavy atom. The van der Waals surface area contributed by atoms with E-state index in [2.05, 4.69) is 11.1 Å². The molecule has 0 unspecified atom stereocenters. The first-order valence-corrected chi connectivity index (χ1v) is 6.56. The summed E-state index contributed by atoms with van der Waals surface area (Å²) < 4.78 is 1.60. The fraction of sp³-hybridized carbons (Fsp3) is 0.0588. The number of para-hydroxylation sites is 1. The van der Waals surface area contributed by atoms with Gasteiger partial charge >= 0.3 is 5.97 Å². The van der Waals surface area contributed by atoms with Crippen molar-refractivity contribution in [2.45, 2.75) is 0 Å². The third-order valence-electron chi connectivity index (χ3n) is 3.33. The van der Waals surface area contributed by atoms with E-state index in [9.17, 15) is 4.79 Å². The van der Waals surface area contributed by atoms with Gasteiger partial charge in [-0.15, -0.1) is 0 Å². The maximum atomic E-state index is 11.0. The monoisotopic (exact) mass is 278 g/mol. The molecule has 2 aromatic heterocycles. The second-order valence-electron chi connectivity index (χ2n) is 4.87. The first kappa shape index (κ1) is 13.1. The molecule has 3 rings (SSSR count). The first-order valence-electron chi connectivity index (χ1n) is 6.56. The van der Waals surface area contributed by atoms with Crippen LogP contribution in [0, 0.1) is 0 Å². The molecule has 0 aliphatic heterocycles. The number of hydrogen-bond acceptors (Lipinski definition) is 2. The molecular weight excluding hydrogens is 264 g/mol. The summed E-state index contributed by atoms with van der Waals surface area (Å²) in [5.41, 5.74) is 3.06. The highest BCUT2D eigenvalue weighted by Gasteiger charge is 2.08. The lowest BCUT2D eigenvalue weighted by Gasteiger charge is -1.97. The summed E-state index contributed by atoms with van der Waals surface area (Å²) >= 11 is 0. The molecule has 0 aliphatic rings. The average Bonchev–Trinajstić information content (AvgIpc) is 2.86. The van der Waals surface area contributed by atoms with Gasteiger partial charge in [-0.25, -0.2) is 4.79 Å². The van der Waals surface area contributed by atoms with Gasteiger partial charge in [0.1, 0.15) is 5.69 Å². The van der Waals surface area contributed by atoms with Crippen molar-refractivity contribution >= 4 is 29.0 Å². The van der Waals surface area contributed by atoms with Gasteiger partial charge < -0.3 is 9.67 Å². The molecular formula is C17H14N2O2. The number of carbonyl (C=O) groups is 1. The summed E-state index contributed by atoms with van der Waals surface area (Å²) in [6.07, 6.45) is 7.41. The first-order chi connectivity index (χ1) is 10.1. The number of nitrogens with zero attached hydrogens (tertiary/aromatic N) is 2. The van der Waals surface area contributed by atoms with Crippen LogP contribution in [-0.2, 0) is 7.05 Å². The lowest BCUT2D eigenvalue weighted by atomic mass is 10.1. The van der Waals surface area contributed by atoms with Crippen molar-refractivity contribution in [3.8, 4) is 0 Å². The van der Waals surface area contributed by atoms with Gasteiger partial charge in [0.15, 0.2) is 0 Å². The number of carboxylic acids is 1. The maximum absolute atomic E-state index is 11.0. The summed E-state index contributed by atoms with van der Waals surface area (Å²) in [5, 5.41) is 10.1. The van der Waals surface area contributed by atoms with Crippen LogP contribution in [-0.4, -0.2) is 20.6 Å². The Morgan fingerprint density at radius 2 is 1.95 bits per heavy atom. The molecule has 3 aromatic rings. The van der Waals surface area contributed by atoms with E-state index in [1.54, 1.807) is 30.1 Å². The fourth-order valence-corrected chi connectivity index (χ4v) is 2.27. The molecule has 21 heavy (non-hydrogen) atoms. The molecule has 0 bridgehead atoms. The van der Waals surface area contributed by atoms with Crippen molar-refractivity contribution in [3.63, 3.8) is 0 Å². The van der Waals surface area contributed by atoms with Crippen LogP contribution in [0.5, 0.6) is 0 Å². The van der Waals surface area contributed by atoms with E-state index in [-0.39, 0.29) is 5.69 Å². The number of rotatable bonds is 3. The number of carboxylic acid groups (broad SMARTS) is 1. The molecule has 104 valence electrons. The van der Waals surface area contributed by atoms with Crippen molar-refractivity contribution in [1.29, 1.82) is 0 Å². The quantitative estimate of drug-likeness (QED) is 0.798. The minimum absolute atomic E-state index is 0.270. The highest BCUT2D eigenvalue weighted by Crippen LogP contribution is 2.16. The summed E-state index contributed by atoms with van der Waals surface area (Å²) in [7, 11) is 1.72. The van der Waals surface area contributed by atoms with Gasteiger partial charge in [-0.2, -0.15) is 0 Å². The van der Waals surface area contributed by atoms with Crippen molar-refractivity contribution in [3.05, 3.63) is 65.6 Å². The van der Waals surface area contributed by atoms with Crippen molar-refractivity contribution in [2.24, 2.45) is 7.05 Å². The summed E-state index contributed by atoms with van der Waals surface area (Å²) in [5.74, 6) is -0.926. The van der Waals surface area contributed by atoms with Gasteiger partial charge in [-0.1, -0.05) is 30.4 Å². The highest BCUT2D eigenvalue weighted by molar-refractivity contribution is 5.88. The minimum atomic E-state index is -0.926. The maximum Gasteiger partial charge on any atom is 0.352 e. The molecule has 1 aromatic carbocycles. The topological polar surface area (TPSA) is 55.1 Å². The molecule has 0 spiro atoms. The average molecular weight is 278 g/mol. The predicted octanol–water partition coefficient (Wildman–Crippen LogP) is 3.44. The van der Waals surface area contributed by atoms with Crippen molar-refractivity contribution in [1.82, 2.24) is 9.55 Å². The Hall–Kier alpha value is -2.88. The molecule has 0 saturated heterocycles. The van der Waals surface area contributed by atoms with E-state index in [1.165, 1.54) is 0 Å². The Bertz CT molecular complexity index is 847. The van der Waals surface area contributed by atoms with Crippen LogP contribution in [0.15, 0.2) is 48.8 Å². The van der Waals surface area contributed by atoms with E-state index in [0.29, 0.717) is 0 Å². The van der Waals surface area contributed by atoms with Gasteiger partial charge in [0.05, 0.1) is 5.52 Å². The molecule has 0 amide bonds. The van der Waals surface area contributed by atoms with Gasteiger partial charge in [-0.3, -0.25) is 4.98 Å². The number of benzene rings is 1. The SMILES string of the molecule is Cn1cc(C=Cc2cnc3ccccc3c2)cc1C(=O)O. The lowest BCUT2D eigenvalue weighted by Crippen LogP contribution is -2.02. The van der Waals surface area contributed by atoms with E-state index in [0.717, 1.165) is 22.0 Å². The standard InChI is InChI=1S/C17H14N2O2/c1-19-11-13(9-16(19)17(20)21)7-6-12-8-14-4-2-3-5-15(14)18-10-12/h2-11H,1H3,(H,20,21). The number of aromatic nitrogens is 2.